The van der Waals surface area contributed by atoms with Crippen LogP contribution in [0.1, 0.15) is 5.69 Å². The number of aromatic amines is 1. The molecule has 0 atom stereocenters. The molecule has 0 bridgehead atoms. The predicted molar refractivity (Wildman–Crippen MR) is 80.3 cm³/mol. The summed E-state index contributed by atoms with van der Waals surface area (Å²) in [5.74, 6) is -2.13. The standard InChI is InChI=1S/C13H6BrF4N3O4/c1-20-6(13(16,17)18)3-7(22)21(12(20)24)9-5(15)2-4(14)10-8(9)19-11(23)25-10/h2-3H,1H3,(H,19,23). The average molecular weight is 424 g/mol. The monoisotopic (exact) mass is 423 g/mol. The van der Waals surface area contributed by atoms with Gasteiger partial charge in [-0.1, -0.05) is 0 Å². The summed E-state index contributed by atoms with van der Waals surface area (Å²) in [6.45, 7) is 0. The first-order valence-corrected chi connectivity index (χ1v) is 7.23. The van der Waals surface area contributed by atoms with E-state index in [2.05, 4.69) is 20.9 Å². The van der Waals surface area contributed by atoms with Crippen molar-refractivity contribution < 1.29 is 22.0 Å². The molecule has 132 valence electrons. The minimum Gasteiger partial charge on any atom is -0.407 e. The number of benzene rings is 1. The molecular weight excluding hydrogens is 418 g/mol. The first-order valence-electron chi connectivity index (χ1n) is 6.44. The van der Waals surface area contributed by atoms with E-state index in [1.807, 2.05) is 0 Å². The zero-order valence-electron chi connectivity index (χ0n) is 12.1. The summed E-state index contributed by atoms with van der Waals surface area (Å²) in [5, 5.41) is 0. The summed E-state index contributed by atoms with van der Waals surface area (Å²) in [5.41, 5.74) is -5.62. The lowest BCUT2D eigenvalue weighted by Crippen LogP contribution is -2.41. The highest BCUT2D eigenvalue weighted by molar-refractivity contribution is 9.10. The molecule has 0 amide bonds. The fraction of sp³-hybridized carbons (Fsp3) is 0.154. The highest BCUT2D eigenvalue weighted by Gasteiger charge is 2.35. The minimum atomic E-state index is -4.95. The maximum absolute atomic E-state index is 14.4. The third-order valence-corrected chi connectivity index (χ3v) is 4.01. The fourth-order valence-electron chi connectivity index (χ4n) is 2.35. The van der Waals surface area contributed by atoms with Crippen molar-refractivity contribution in [3.8, 4) is 5.69 Å². The van der Waals surface area contributed by atoms with Gasteiger partial charge >= 0.3 is 17.6 Å². The molecule has 2 aromatic heterocycles. The van der Waals surface area contributed by atoms with Crippen LogP contribution in [0.3, 0.4) is 0 Å². The Kier molecular flexibility index (Phi) is 3.74. The molecule has 3 aromatic rings. The molecular formula is C13H6BrF4N3O4. The molecule has 2 heterocycles. The Morgan fingerprint density at radius 3 is 2.44 bits per heavy atom. The van der Waals surface area contributed by atoms with Crippen molar-refractivity contribution in [3.05, 3.63) is 59.5 Å². The number of aromatic nitrogens is 3. The van der Waals surface area contributed by atoms with Crippen molar-refractivity contribution in [1.82, 2.24) is 14.1 Å². The Morgan fingerprint density at radius 1 is 1.20 bits per heavy atom. The van der Waals surface area contributed by atoms with E-state index in [-0.39, 0.29) is 30.8 Å². The Balaban J connectivity index is 2.50. The first-order chi connectivity index (χ1) is 11.5. The van der Waals surface area contributed by atoms with Crippen molar-refractivity contribution in [3.63, 3.8) is 0 Å². The van der Waals surface area contributed by atoms with E-state index in [0.717, 1.165) is 13.1 Å². The minimum absolute atomic E-state index is 0.0129. The third kappa shape index (κ3) is 2.62. The quantitative estimate of drug-likeness (QED) is 0.605. The van der Waals surface area contributed by atoms with Gasteiger partial charge in [-0.05, 0) is 22.0 Å². The van der Waals surface area contributed by atoms with Crippen LogP contribution < -0.4 is 17.0 Å². The number of halogens is 5. The van der Waals surface area contributed by atoms with Gasteiger partial charge in [0.15, 0.2) is 11.4 Å². The molecule has 0 unspecified atom stereocenters. The second kappa shape index (κ2) is 5.44. The number of rotatable bonds is 1. The highest BCUT2D eigenvalue weighted by atomic mass is 79.9. The van der Waals surface area contributed by atoms with Crippen LogP contribution in [0.25, 0.3) is 16.8 Å². The van der Waals surface area contributed by atoms with Gasteiger partial charge in [-0.15, -0.1) is 0 Å². The summed E-state index contributed by atoms with van der Waals surface area (Å²) in [7, 11) is 0.785. The Hall–Kier alpha value is -2.63. The van der Waals surface area contributed by atoms with Gasteiger partial charge in [0.25, 0.3) is 5.56 Å². The van der Waals surface area contributed by atoms with Gasteiger partial charge in [-0.3, -0.25) is 14.3 Å². The van der Waals surface area contributed by atoms with Crippen molar-refractivity contribution in [2.24, 2.45) is 7.05 Å². The van der Waals surface area contributed by atoms with Crippen LogP contribution in [0.4, 0.5) is 17.6 Å². The van der Waals surface area contributed by atoms with E-state index in [4.69, 9.17) is 4.42 Å². The van der Waals surface area contributed by atoms with Gasteiger partial charge in [0.1, 0.15) is 16.9 Å². The molecule has 0 fully saturated rings. The van der Waals surface area contributed by atoms with E-state index in [0.29, 0.717) is 0 Å². The number of hydrogen-bond donors (Lipinski definition) is 1. The van der Waals surface area contributed by atoms with Crippen LogP contribution in [-0.4, -0.2) is 14.1 Å². The van der Waals surface area contributed by atoms with Crippen molar-refractivity contribution in [2.75, 3.05) is 0 Å². The molecule has 12 heteroatoms. The van der Waals surface area contributed by atoms with Crippen molar-refractivity contribution in [1.29, 1.82) is 0 Å². The lowest BCUT2D eigenvalue weighted by Gasteiger charge is -2.14. The van der Waals surface area contributed by atoms with Gasteiger partial charge in [0.2, 0.25) is 0 Å². The van der Waals surface area contributed by atoms with Gasteiger partial charge in [0, 0.05) is 13.1 Å². The maximum Gasteiger partial charge on any atom is 0.431 e. The second-order valence-electron chi connectivity index (χ2n) is 4.95. The molecule has 1 N–H and O–H groups in total. The van der Waals surface area contributed by atoms with E-state index in [9.17, 15) is 31.9 Å². The summed E-state index contributed by atoms with van der Waals surface area (Å²) in [4.78, 5) is 37.8. The highest BCUT2D eigenvalue weighted by Crippen LogP contribution is 2.30. The number of nitrogens with one attached hydrogen (secondary N) is 1. The third-order valence-electron chi connectivity index (χ3n) is 3.42. The van der Waals surface area contributed by atoms with Crippen LogP contribution in [0.15, 0.2) is 35.4 Å². The normalized spacial score (nSPS) is 12.1. The Labute approximate surface area is 142 Å². The van der Waals surface area contributed by atoms with Crippen LogP contribution in [0.2, 0.25) is 0 Å². The molecule has 0 spiro atoms. The molecule has 1 aromatic carbocycles. The van der Waals surface area contributed by atoms with E-state index in [1.54, 1.807) is 0 Å². The fourth-order valence-corrected chi connectivity index (χ4v) is 2.83. The molecule has 7 nitrogen and oxygen atoms in total. The molecule has 0 aliphatic carbocycles. The lowest BCUT2D eigenvalue weighted by molar-refractivity contribution is -0.144. The van der Waals surface area contributed by atoms with Crippen LogP contribution in [-0.2, 0) is 13.2 Å². The summed E-state index contributed by atoms with van der Waals surface area (Å²) in [6, 6.07) is 0.977. The Morgan fingerprint density at radius 2 is 1.84 bits per heavy atom. The molecule has 3 rings (SSSR count). The summed E-state index contributed by atoms with van der Waals surface area (Å²) in [6.07, 6.45) is -4.95. The zero-order chi connectivity index (χ0) is 18.7. The molecule has 25 heavy (non-hydrogen) atoms. The van der Waals surface area contributed by atoms with Crippen LogP contribution in [0, 0.1) is 5.82 Å². The lowest BCUT2D eigenvalue weighted by atomic mass is 10.2. The van der Waals surface area contributed by atoms with Gasteiger partial charge in [-0.2, -0.15) is 13.2 Å². The predicted octanol–water partition coefficient (Wildman–Crippen LogP) is 1.89. The average Bonchev–Trinajstić information content (AvgIpc) is 2.87. The second-order valence-corrected chi connectivity index (χ2v) is 5.80. The van der Waals surface area contributed by atoms with E-state index in [1.165, 1.54) is 0 Å². The number of hydrogen-bond acceptors (Lipinski definition) is 4. The number of oxazole rings is 1. The molecule has 0 saturated heterocycles. The molecule has 0 aliphatic heterocycles. The number of nitrogens with zero attached hydrogens (tertiary/aromatic N) is 2. The SMILES string of the molecule is Cn1c(C(F)(F)F)cc(=O)n(-c2c(F)cc(Br)c3oc(=O)[nH]c23)c1=O. The number of H-pyrrole nitrogens is 1. The van der Waals surface area contributed by atoms with Gasteiger partial charge < -0.3 is 4.42 Å². The van der Waals surface area contributed by atoms with Crippen molar-refractivity contribution in [2.45, 2.75) is 6.18 Å². The van der Waals surface area contributed by atoms with E-state index < -0.39 is 40.4 Å². The summed E-state index contributed by atoms with van der Waals surface area (Å²) < 4.78 is 58.2. The van der Waals surface area contributed by atoms with Gasteiger partial charge in [0.05, 0.1) is 4.47 Å². The molecule has 0 radical (unpaired) electrons. The smallest absolute Gasteiger partial charge is 0.407 e. The van der Waals surface area contributed by atoms with Crippen molar-refractivity contribution >= 4 is 27.0 Å². The zero-order valence-corrected chi connectivity index (χ0v) is 13.7. The van der Waals surface area contributed by atoms with Crippen LogP contribution >= 0.6 is 15.9 Å². The maximum atomic E-state index is 14.4. The number of alkyl halides is 3. The molecule has 0 aliphatic rings. The number of fused-ring (bicyclic) bond motifs is 1. The molecule has 0 saturated carbocycles. The van der Waals surface area contributed by atoms with Crippen LogP contribution in [0.5, 0.6) is 0 Å². The van der Waals surface area contributed by atoms with E-state index >= 15 is 0 Å². The van der Waals surface area contributed by atoms with Gasteiger partial charge in [-0.25, -0.2) is 18.5 Å². The topological polar surface area (TPSA) is 90.0 Å². The summed E-state index contributed by atoms with van der Waals surface area (Å²) >= 11 is 2.94. The Bertz CT molecular complexity index is 1190. The first kappa shape index (κ1) is 17.2. The largest absolute Gasteiger partial charge is 0.431 e.